The van der Waals surface area contributed by atoms with Gasteiger partial charge in [0.2, 0.25) is 0 Å². The molecule has 4 unspecified atom stereocenters. The molecule has 0 spiro atoms. The van der Waals surface area contributed by atoms with Crippen molar-refractivity contribution in [1.29, 1.82) is 0 Å². The Bertz CT molecular complexity index is 1380. The molecular weight excluding hydrogens is 548 g/mol. The summed E-state index contributed by atoms with van der Waals surface area (Å²) in [7, 11) is -3.00. The Kier molecular flexibility index (Phi) is 11.2. The van der Waals surface area contributed by atoms with Gasteiger partial charge >= 0.3 is 19.4 Å². The molecule has 2 aromatic rings. The maximum Gasteiger partial charge on any atom is 0.459 e. The Morgan fingerprint density at radius 3 is 2.75 bits per heavy atom. The zero-order valence-electron chi connectivity index (χ0n) is 22.3. The van der Waals surface area contributed by atoms with Gasteiger partial charge in [0.25, 0.3) is 5.56 Å². The topological polar surface area (TPSA) is 158 Å². The van der Waals surface area contributed by atoms with E-state index in [1.54, 1.807) is 43.3 Å². The molecule has 1 aliphatic rings. The van der Waals surface area contributed by atoms with E-state index in [-0.39, 0.29) is 17.7 Å². The molecule has 14 heteroatoms. The molecule has 0 amide bonds. The number of carbonyl (C=O) groups excluding carboxylic acids is 1. The number of methoxy groups -OCH3 is 1. The first-order valence-corrected chi connectivity index (χ1v) is 14.1. The summed E-state index contributed by atoms with van der Waals surface area (Å²) in [4.78, 5) is 38.9. The molecule has 3 N–H and O–H groups in total. The predicted molar refractivity (Wildman–Crippen MR) is 144 cm³/mol. The maximum atomic E-state index is 13.5. The molecule has 1 aliphatic heterocycles. The fourth-order valence-electron chi connectivity index (χ4n) is 3.79. The fraction of sp³-hybridized carbons (Fsp3) is 0.423. The molecule has 5 atom stereocenters. The number of aliphatic hydroxyl groups is 1. The van der Waals surface area contributed by atoms with E-state index >= 15 is 0 Å². The second kappa shape index (κ2) is 14.3. The van der Waals surface area contributed by atoms with Gasteiger partial charge in [-0.1, -0.05) is 30.4 Å². The number of ether oxygens (including phenoxy) is 2. The van der Waals surface area contributed by atoms with Crippen LogP contribution in [0.1, 0.15) is 44.9 Å². The summed E-state index contributed by atoms with van der Waals surface area (Å²) in [6, 6.07) is 7.09. The molecule has 1 aromatic carbocycles. The minimum absolute atomic E-state index is 0.0283. The van der Waals surface area contributed by atoms with Gasteiger partial charge in [0.1, 0.15) is 24.1 Å². The highest BCUT2D eigenvalue weighted by molar-refractivity contribution is 7.52. The average Bonchev–Trinajstić information content (AvgIpc) is 3.30. The van der Waals surface area contributed by atoms with Gasteiger partial charge in [-0.2, -0.15) is 5.09 Å². The highest BCUT2D eigenvalue weighted by Gasteiger charge is 2.39. The number of aromatic nitrogens is 2. The lowest BCUT2D eigenvalue weighted by atomic mass is 10.1. The number of hydrogen-bond acceptors (Lipinski definition) is 9. The van der Waals surface area contributed by atoms with Crippen molar-refractivity contribution < 1.29 is 37.4 Å². The van der Waals surface area contributed by atoms with Gasteiger partial charge in [0, 0.05) is 12.6 Å². The predicted octanol–water partition coefficient (Wildman–Crippen LogP) is 3.21. The molecule has 218 valence electrons. The molecular formula is C26H33FN3O9P. The van der Waals surface area contributed by atoms with Gasteiger partial charge in [0.05, 0.1) is 31.7 Å². The van der Waals surface area contributed by atoms with Gasteiger partial charge in [-0.05, 0) is 44.4 Å². The number of rotatable bonds is 13. The highest BCUT2D eigenvalue weighted by atomic mass is 31.2. The van der Waals surface area contributed by atoms with Gasteiger partial charge in [-0.25, -0.2) is 13.8 Å². The van der Waals surface area contributed by atoms with Crippen molar-refractivity contribution in [3.8, 4) is 5.75 Å². The largest absolute Gasteiger partial charge is 0.468 e. The Morgan fingerprint density at radius 1 is 1.35 bits per heavy atom. The first kappa shape index (κ1) is 31.2. The lowest BCUT2D eigenvalue weighted by Gasteiger charge is -2.24. The minimum atomic E-state index is -4.18. The van der Waals surface area contributed by atoms with Gasteiger partial charge in [0.15, 0.2) is 0 Å². The number of hydrogen-bond donors (Lipinski definition) is 3. The van der Waals surface area contributed by atoms with Crippen LogP contribution in [0, 0.1) is 0 Å². The maximum absolute atomic E-state index is 13.5. The van der Waals surface area contributed by atoms with Crippen molar-refractivity contribution in [2.24, 2.45) is 0 Å². The molecule has 0 bridgehead atoms. The third-order valence-corrected chi connectivity index (χ3v) is 7.63. The van der Waals surface area contributed by atoms with Crippen molar-refractivity contribution in [3.63, 3.8) is 0 Å². The summed E-state index contributed by atoms with van der Waals surface area (Å²) < 4.78 is 48.7. The van der Waals surface area contributed by atoms with Crippen molar-refractivity contribution >= 4 is 19.8 Å². The SMILES string of the molecule is COC(=O)[C@H](C)NP(=O)(OCC1OC(n2cc(/C=C/CCC(C)=CF)c(=O)[nH]c2=O)CC1O)Oc1ccccc1. The summed E-state index contributed by atoms with van der Waals surface area (Å²) in [5.74, 6) is -0.494. The zero-order chi connectivity index (χ0) is 29.3. The summed E-state index contributed by atoms with van der Waals surface area (Å²) in [6.45, 7) is 2.64. The summed E-state index contributed by atoms with van der Waals surface area (Å²) in [6.07, 6.45) is 2.82. The average molecular weight is 582 g/mol. The van der Waals surface area contributed by atoms with Crippen LogP contribution in [-0.2, 0) is 23.4 Å². The Balaban J connectivity index is 1.73. The van der Waals surface area contributed by atoms with Crippen LogP contribution in [0.25, 0.3) is 6.08 Å². The Hall–Kier alpha value is -3.35. The number of nitrogens with one attached hydrogen (secondary N) is 2. The molecule has 0 radical (unpaired) electrons. The molecule has 12 nitrogen and oxygen atoms in total. The van der Waals surface area contributed by atoms with Crippen molar-refractivity contribution in [2.75, 3.05) is 13.7 Å². The zero-order valence-corrected chi connectivity index (χ0v) is 23.2. The van der Waals surface area contributed by atoms with Gasteiger partial charge in [-0.3, -0.25) is 23.7 Å². The standard InChI is InChI=1S/C26H33FN3O9P/c1-17(14-27)9-7-8-10-19-15-30(26(34)28-24(19)32)23-13-21(31)22(38-23)16-37-40(35,29-18(2)25(33)36-3)39-20-11-5-4-6-12-20/h4-6,8,10-12,14-15,18,21-23,31H,7,9,13,16H2,1-3H3,(H,29,35)(H,28,32,34)/b10-8+,17-14?/t18-,21?,22?,23?,40?/m0/s1. The molecule has 1 fully saturated rings. The molecule has 40 heavy (non-hydrogen) atoms. The van der Waals surface area contributed by atoms with Gasteiger partial charge in [-0.15, -0.1) is 0 Å². The number of H-pyrrole nitrogens is 1. The van der Waals surface area contributed by atoms with Crippen molar-refractivity contribution in [1.82, 2.24) is 14.6 Å². The van der Waals surface area contributed by atoms with E-state index in [0.717, 1.165) is 4.57 Å². The van der Waals surface area contributed by atoms with Crippen LogP contribution in [0.2, 0.25) is 0 Å². The summed E-state index contributed by atoms with van der Waals surface area (Å²) >= 11 is 0. The number of aromatic amines is 1. The van der Waals surface area contributed by atoms with Crippen molar-refractivity contribution in [2.45, 2.75) is 57.6 Å². The van der Waals surface area contributed by atoms with E-state index in [0.29, 0.717) is 24.7 Å². The summed E-state index contributed by atoms with van der Waals surface area (Å²) in [5, 5.41) is 13.1. The smallest absolute Gasteiger partial charge is 0.459 e. The first-order chi connectivity index (χ1) is 19.0. The monoisotopic (exact) mass is 581 g/mol. The number of nitrogens with zero attached hydrogens (tertiary/aromatic N) is 1. The number of para-hydroxylation sites is 1. The fourth-order valence-corrected chi connectivity index (χ4v) is 5.30. The van der Waals surface area contributed by atoms with Crippen LogP contribution in [-0.4, -0.2) is 52.6 Å². The first-order valence-electron chi connectivity index (χ1n) is 12.5. The number of benzene rings is 1. The second-order valence-corrected chi connectivity index (χ2v) is 10.8. The van der Waals surface area contributed by atoms with E-state index in [4.69, 9.17) is 13.8 Å². The molecule has 1 aromatic heterocycles. The van der Waals surface area contributed by atoms with E-state index in [1.807, 2.05) is 0 Å². The molecule has 0 aliphatic carbocycles. The number of esters is 1. The number of allylic oxidation sites excluding steroid dienone is 2. The van der Waals surface area contributed by atoms with E-state index in [2.05, 4.69) is 14.8 Å². The van der Waals surface area contributed by atoms with Crippen molar-refractivity contribution in [3.05, 3.63) is 80.9 Å². The highest BCUT2D eigenvalue weighted by Crippen LogP contribution is 2.45. The van der Waals surface area contributed by atoms with Crippen LogP contribution in [0.3, 0.4) is 0 Å². The third-order valence-electron chi connectivity index (χ3n) is 5.98. The van der Waals surface area contributed by atoms with Gasteiger partial charge < -0.3 is 19.1 Å². The van der Waals surface area contributed by atoms with Crippen LogP contribution in [0.5, 0.6) is 5.75 Å². The quantitative estimate of drug-likeness (QED) is 0.237. The molecule has 1 saturated heterocycles. The van der Waals surface area contributed by atoms with E-state index in [9.17, 15) is 28.4 Å². The Morgan fingerprint density at radius 2 is 2.08 bits per heavy atom. The number of carbonyl (C=O) groups is 1. The third kappa shape index (κ3) is 8.57. The van der Waals surface area contributed by atoms with Crippen LogP contribution in [0.15, 0.2) is 64.1 Å². The van der Waals surface area contributed by atoms with E-state index < -0.39 is 56.0 Å². The second-order valence-electron chi connectivity index (χ2n) is 9.15. The normalized spacial score (nSPS) is 21.7. The minimum Gasteiger partial charge on any atom is -0.468 e. The van der Waals surface area contributed by atoms with E-state index in [1.165, 1.54) is 26.3 Å². The lowest BCUT2D eigenvalue weighted by Crippen LogP contribution is -2.36. The van der Waals surface area contributed by atoms with Crippen LogP contribution < -0.4 is 20.9 Å². The van der Waals surface area contributed by atoms with Crippen LogP contribution in [0.4, 0.5) is 4.39 Å². The Labute approximate surface area is 230 Å². The molecule has 2 heterocycles. The summed E-state index contributed by atoms with van der Waals surface area (Å²) in [5.41, 5.74) is -0.637. The molecule has 0 saturated carbocycles. The number of halogens is 1. The molecule has 3 rings (SSSR count). The number of aliphatic hydroxyl groups excluding tert-OH is 1. The lowest BCUT2D eigenvalue weighted by molar-refractivity contribution is -0.142. The van der Waals surface area contributed by atoms with Crippen LogP contribution >= 0.6 is 7.75 Å².